The van der Waals surface area contributed by atoms with Gasteiger partial charge in [-0.2, -0.15) is 4.74 Å². The van der Waals surface area contributed by atoms with Gasteiger partial charge in [0.1, 0.15) is 0 Å². The van der Waals surface area contributed by atoms with Gasteiger partial charge >= 0.3 is 0 Å². The normalized spacial score (nSPS) is 31.8. The molecule has 2 atom stereocenters. The Bertz CT molecular complexity index is 508. The number of benzene rings is 1. The lowest BCUT2D eigenvalue weighted by molar-refractivity contribution is -0.545. The third kappa shape index (κ3) is 2.13. The molecule has 1 aromatic carbocycles. The minimum absolute atomic E-state index is 0.418. The van der Waals surface area contributed by atoms with Gasteiger partial charge in [-0.25, -0.2) is 4.90 Å². The SMILES string of the molecule is CC1=[N+]([O-])[C@H](N2CCCCC2)[C@@](O)(c2ccccc2)C1. The number of hydroxylamine groups is 1. The zero-order valence-electron chi connectivity index (χ0n) is 12.0. The fraction of sp³-hybridized carbons (Fsp3) is 0.562. The summed E-state index contributed by atoms with van der Waals surface area (Å²) in [5, 5.41) is 23.7. The van der Waals surface area contributed by atoms with Crippen LogP contribution in [0.4, 0.5) is 0 Å². The van der Waals surface area contributed by atoms with Gasteiger partial charge in [0.15, 0.2) is 11.3 Å². The molecule has 0 aliphatic carbocycles. The van der Waals surface area contributed by atoms with E-state index in [1.165, 1.54) is 6.42 Å². The Labute approximate surface area is 119 Å². The van der Waals surface area contributed by atoms with Crippen LogP contribution < -0.4 is 0 Å². The van der Waals surface area contributed by atoms with Crippen molar-refractivity contribution in [1.82, 2.24) is 4.90 Å². The summed E-state index contributed by atoms with van der Waals surface area (Å²) in [6, 6.07) is 9.61. The van der Waals surface area contributed by atoms with Gasteiger partial charge in [0.05, 0.1) is 6.42 Å². The topological polar surface area (TPSA) is 49.5 Å². The van der Waals surface area contributed by atoms with Crippen LogP contribution in [-0.4, -0.2) is 39.7 Å². The van der Waals surface area contributed by atoms with E-state index in [1.807, 2.05) is 37.3 Å². The number of rotatable bonds is 2. The summed E-state index contributed by atoms with van der Waals surface area (Å²) in [4.78, 5) is 2.15. The summed E-state index contributed by atoms with van der Waals surface area (Å²) in [7, 11) is 0. The van der Waals surface area contributed by atoms with Crippen LogP contribution in [0.3, 0.4) is 0 Å². The van der Waals surface area contributed by atoms with Gasteiger partial charge in [-0.05, 0) is 18.4 Å². The molecule has 0 aromatic heterocycles. The van der Waals surface area contributed by atoms with Crippen molar-refractivity contribution in [2.45, 2.75) is 44.4 Å². The molecule has 20 heavy (non-hydrogen) atoms. The minimum atomic E-state index is -1.09. The molecule has 0 spiro atoms. The number of nitrogens with zero attached hydrogens (tertiary/aromatic N) is 2. The average Bonchev–Trinajstić information content (AvgIpc) is 2.72. The lowest BCUT2D eigenvalue weighted by atomic mass is 9.87. The fourth-order valence-electron chi connectivity index (χ4n) is 3.55. The highest BCUT2D eigenvalue weighted by atomic mass is 16.5. The zero-order chi connectivity index (χ0) is 14.2. The van der Waals surface area contributed by atoms with Crippen molar-refractivity contribution in [3.05, 3.63) is 41.1 Å². The first-order valence-electron chi connectivity index (χ1n) is 7.44. The van der Waals surface area contributed by atoms with Crippen LogP contribution in [-0.2, 0) is 5.60 Å². The Morgan fingerprint density at radius 2 is 1.85 bits per heavy atom. The molecule has 0 saturated carbocycles. The first kappa shape index (κ1) is 13.6. The first-order chi connectivity index (χ1) is 9.63. The van der Waals surface area contributed by atoms with E-state index in [9.17, 15) is 10.3 Å². The quantitative estimate of drug-likeness (QED) is 0.663. The molecular formula is C16H22N2O2. The van der Waals surface area contributed by atoms with Crippen LogP contribution in [0.5, 0.6) is 0 Å². The Balaban J connectivity index is 1.97. The average molecular weight is 274 g/mol. The van der Waals surface area contributed by atoms with Crippen LogP contribution >= 0.6 is 0 Å². The van der Waals surface area contributed by atoms with Gasteiger partial charge in [0.25, 0.3) is 6.17 Å². The molecule has 1 fully saturated rings. The van der Waals surface area contributed by atoms with Crippen molar-refractivity contribution in [3.63, 3.8) is 0 Å². The van der Waals surface area contributed by atoms with Crippen molar-refractivity contribution in [3.8, 4) is 0 Å². The molecule has 0 unspecified atom stereocenters. The van der Waals surface area contributed by atoms with Crippen LogP contribution in [0.2, 0.25) is 0 Å². The fourth-order valence-corrected chi connectivity index (χ4v) is 3.55. The van der Waals surface area contributed by atoms with Gasteiger partial charge in [-0.1, -0.05) is 36.8 Å². The maximum Gasteiger partial charge on any atom is 0.253 e. The molecule has 0 bridgehead atoms. The third-order valence-corrected chi connectivity index (χ3v) is 4.56. The molecule has 1 N–H and O–H groups in total. The lowest BCUT2D eigenvalue weighted by Gasteiger charge is -2.37. The number of hydrogen-bond donors (Lipinski definition) is 1. The molecule has 2 aliphatic heterocycles. The van der Waals surface area contributed by atoms with Gasteiger partial charge < -0.3 is 10.3 Å². The predicted octanol–water partition coefficient (Wildman–Crippen LogP) is 2.06. The van der Waals surface area contributed by atoms with Crippen LogP contribution in [0.25, 0.3) is 0 Å². The van der Waals surface area contributed by atoms with Crippen molar-refractivity contribution in [2.75, 3.05) is 13.1 Å². The highest BCUT2D eigenvalue weighted by Gasteiger charge is 2.54. The zero-order valence-corrected chi connectivity index (χ0v) is 12.0. The van der Waals surface area contributed by atoms with Gasteiger partial charge in [-0.15, -0.1) is 0 Å². The summed E-state index contributed by atoms with van der Waals surface area (Å²) < 4.78 is 1.03. The molecule has 3 rings (SSSR count). The molecule has 0 radical (unpaired) electrons. The van der Waals surface area contributed by atoms with Gasteiger partial charge in [0.2, 0.25) is 0 Å². The molecule has 2 aliphatic rings. The highest BCUT2D eigenvalue weighted by Crippen LogP contribution is 2.38. The van der Waals surface area contributed by atoms with Crippen LogP contribution in [0.15, 0.2) is 30.3 Å². The summed E-state index contributed by atoms with van der Waals surface area (Å²) in [5.41, 5.74) is 0.463. The molecule has 1 aromatic rings. The molecule has 4 heteroatoms. The number of aliphatic hydroxyl groups is 1. The number of piperidine rings is 1. The Morgan fingerprint density at radius 1 is 1.20 bits per heavy atom. The van der Waals surface area contributed by atoms with E-state index >= 15 is 0 Å². The smallest absolute Gasteiger partial charge is 0.253 e. The summed E-state index contributed by atoms with van der Waals surface area (Å²) in [5.74, 6) is 0. The maximum atomic E-state index is 12.5. The third-order valence-electron chi connectivity index (χ3n) is 4.56. The Kier molecular flexibility index (Phi) is 3.52. The van der Waals surface area contributed by atoms with Gasteiger partial charge in [-0.3, -0.25) is 0 Å². The van der Waals surface area contributed by atoms with Crippen LogP contribution in [0.1, 0.15) is 38.2 Å². The first-order valence-corrected chi connectivity index (χ1v) is 7.44. The summed E-state index contributed by atoms with van der Waals surface area (Å²) >= 11 is 0. The van der Waals surface area contributed by atoms with Crippen molar-refractivity contribution in [1.29, 1.82) is 0 Å². The van der Waals surface area contributed by atoms with Crippen molar-refractivity contribution >= 4 is 5.71 Å². The lowest BCUT2D eigenvalue weighted by Crippen LogP contribution is -2.53. The molecule has 4 nitrogen and oxygen atoms in total. The summed E-state index contributed by atoms with van der Waals surface area (Å²) in [6.07, 6.45) is 3.36. The van der Waals surface area contributed by atoms with Crippen molar-refractivity contribution < 1.29 is 9.85 Å². The van der Waals surface area contributed by atoms with E-state index in [0.717, 1.165) is 36.2 Å². The largest absolute Gasteiger partial charge is 0.623 e. The molecule has 108 valence electrons. The maximum absolute atomic E-state index is 12.5. The van der Waals surface area contributed by atoms with Crippen molar-refractivity contribution in [2.24, 2.45) is 0 Å². The van der Waals surface area contributed by atoms with E-state index < -0.39 is 11.8 Å². The number of likely N-dealkylation sites (tertiary alicyclic amines) is 1. The predicted molar refractivity (Wildman–Crippen MR) is 78.5 cm³/mol. The van der Waals surface area contributed by atoms with Gasteiger partial charge in [0, 0.05) is 20.0 Å². The molecule has 1 saturated heterocycles. The Hall–Kier alpha value is -1.39. The standard InChI is InChI=1S/C16H22N2O2/c1-13-12-16(19,14-8-4-2-5-9-14)15(18(13)20)17-10-6-3-7-11-17/h2,4-5,8-9,15,19H,3,6-7,10-12H2,1H3/t15-,16-/m0/s1. The Morgan fingerprint density at radius 3 is 2.50 bits per heavy atom. The number of hydrogen-bond acceptors (Lipinski definition) is 3. The van der Waals surface area contributed by atoms with Crippen LogP contribution in [0, 0.1) is 5.21 Å². The second kappa shape index (κ2) is 5.19. The van der Waals surface area contributed by atoms with E-state index in [2.05, 4.69) is 4.90 Å². The minimum Gasteiger partial charge on any atom is -0.623 e. The van der Waals surface area contributed by atoms with E-state index in [-0.39, 0.29) is 0 Å². The summed E-state index contributed by atoms with van der Waals surface area (Å²) in [6.45, 7) is 3.61. The molecule has 2 heterocycles. The molecule has 0 amide bonds. The molecular weight excluding hydrogens is 252 g/mol. The monoisotopic (exact) mass is 274 g/mol. The second-order valence-corrected chi connectivity index (χ2v) is 6.00. The van der Waals surface area contributed by atoms with E-state index in [1.54, 1.807) is 0 Å². The highest BCUT2D eigenvalue weighted by molar-refractivity contribution is 5.80. The van der Waals surface area contributed by atoms with E-state index in [4.69, 9.17) is 0 Å². The second-order valence-electron chi connectivity index (χ2n) is 6.00. The van der Waals surface area contributed by atoms with E-state index in [0.29, 0.717) is 12.1 Å².